The lowest BCUT2D eigenvalue weighted by Gasteiger charge is -2.23. The van der Waals surface area contributed by atoms with E-state index >= 15 is 0 Å². The van der Waals surface area contributed by atoms with Gasteiger partial charge in [-0.15, -0.1) is 0 Å². The van der Waals surface area contributed by atoms with Gasteiger partial charge in [-0.1, -0.05) is 30.3 Å². The smallest absolute Gasteiger partial charge is 0.272 e. The fourth-order valence-electron chi connectivity index (χ4n) is 3.05. The van der Waals surface area contributed by atoms with Crippen molar-refractivity contribution in [2.75, 3.05) is 6.54 Å². The highest BCUT2D eigenvalue weighted by Gasteiger charge is 2.19. The number of hydrogen-bond donors (Lipinski definition) is 0. The molecule has 0 aliphatic carbocycles. The number of carbonyl (C=O) groups is 1. The van der Waals surface area contributed by atoms with Crippen molar-refractivity contribution in [3.8, 4) is 0 Å². The summed E-state index contributed by atoms with van der Waals surface area (Å²) in [5.41, 5.74) is 3.84. The van der Waals surface area contributed by atoms with Crippen molar-refractivity contribution >= 4 is 5.91 Å². The largest absolute Gasteiger partial charge is 0.333 e. The fourth-order valence-corrected chi connectivity index (χ4v) is 3.05. The Morgan fingerprint density at radius 1 is 1.08 bits per heavy atom. The minimum absolute atomic E-state index is 0.0120. The molecule has 0 unspecified atom stereocenters. The number of rotatable bonds is 7. The first-order valence-corrected chi connectivity index (χ1v) is 8.86. The molecule has 1 amide bonds. The second-order valence-corrected chi connectivity index (χ2v) is 6.47. The molecule has 134 valence electrons. The topological polar surface area (TPSA) is 51.0 Å². The van der Waals surface area contributed by atoms with Gasteiger partial charge in [0.1, 0.15) is 5.69 Å². The van der Waals surface area contributed by atoms with Crippen LogP contribution in [0.15, 0.2) is 60.9 Å². The number of carbonyl (C=O) groups excluding carboxylic acids is 1. The van der Waals surface area contributed by atoms with Crippen LogP contribution in [0.3, 0.4) is 0 Å². The molecular formula is C21H24N4O. The lowest BCUT2D eigenvalue weighted by Crippen LogP contribution is -2.33. The Kier molecular flexibility index (Phi) is 5.79. The molecule has 26 heavy (non-hydrogen) atoms. The van der Waals surface area contributed by atoms with Crippen LogP contribution >= 0.6 is 0 Å². The van der Waals surface area contributed by atoms with Crippen molar-refractivity contribution in [3.63, 3.8) is 0 Å². The number of aryl methyl sites for hydroxylation is 3. The van der Waals surface area contributed by atoms with Gasteiger partial charge < -0.3 is 4.90 Å². The van der Waals surface area contributed by atoms with Crippen LogP contribution in [-0.4, -0.2) is 32.1 Å². The van der Waals surface area contributed by atoms with Crippen molar-refractivity contribution in [3.05, 3.63) is 83.4 Å². The molecule has 3 rings (SSSR count). The highest BCUT2D eigenvalue weighted by molar-refractivity contribution is 5.92. The molecule has 2 heterocycles. The molecular weight excluding hydrogens is 324 g/mol. The maximum atomic E-state index is 13.1. The summed E-state index contributed by atoms with van der Waals surface area (Å²) in [5, 5.41) is 4.31. The molecule has 0 saturated carbocycles. The molecule has 1 aromatic carbocycles. The van der Waals surface area contributed by atoms with Gasteiger partial charge >= 0.3 is 0 Å². The van der Waals surface area contributed by atoms with Gasteiger partial charge in [-0.25, -0.2) is 0 Å². The van der Waals surface area contributed by atoms with Crippen LogP contribution in [0.5, 0.6) is 0 Å². The second-order valence-electron chi connectivity index (χ2n) is 6.47. The predicted molar refractivity (Wildman–Crippen MR) is 102 cm³/mol. The van der Waals surface area contributed by atoms with Gasteiger partial charge in [-0.3, -0.25) is 14.5 Å². The van der Waals surface area contributed by atoms with Crippen molar-refractivity contribution in [2.45, 2.75) is 26.3 Å². The number of hydrogen-bond acceptors (Lipinski definition) is 3. The highest BCUT2D eigenvalue weighted by Crippen LogP contribution is 2.13. The van der Waals surface area contributed by atoms with Crippen LogP contribution in [0, 0.1) is 6.92 Å². The van der Waals surface area contributed by atoms with Crippen LogP contribution in [0.4, 0.5) is 0 Å². The molecule has 3 aromatic rings. The van der Waals surface area contributed by atoms with Crippen LogP contribution in [0.25, 0.3) is 0 Å². The number of nitrogens with zero attached hydrogens (tertiary/aromatic N) is 4. The van der Waals surface area contributed by atoms with E-state index in [4.69, 9.17) is 0 Å². The summed E-state index contributed by atoms with van der Waals surface area (Å²) in [6.07, 6.45) is 5.38. The summed E-state index contributed by atoms with van der Waals surface area (Å²) in [6.45, 7) is 3.17. The number of benzene rings is 1. The van der Waals surface area contributed by atoms with E-state index in [0.717, 1.165) is 24.1 Å². The normalized spacial score (nSPS) is 10.7. The summed E-state index contributed by atoms with van der Waals surface area (Å²) < 4.78 is 1.66. The SMILES string of the molecule is Cc1cc(C(=O)N(CCCc2ccccc2)Cc2ccncc2)n(C)n1. The van der Waals surface area contributed by atoms with Gasteiger partial charge in [-0.05, 0) is 49.1 Å². The maximum absolute atomic E-state index is 13.1. The average molecular weight is 348 g/mol. The van der Waals surface area contributed by atoms with Gasteiger partial charge in [0.25, 0.3) is 5.91 Å². The van der Waals surface area contributed by atoms with Gasteiger partial charge in [-0.2, -0.15) is 5.10 Å². The maximum Gasteiger partial charge on any atom is 0.272 e. The van der Waals surface area contributed by atoms with Gasteiger partial charge in [0, 0.05) is 32.5 Å². The van der Waals surface area contributed by atoms with Crippen molar-refractivity contribution in [1.82, 2.24) is 19.7 Å². The molecule has 0 bridgehead atoms. The zero-order valence-electron chi connectivity index (χ0n) is 15.3. The zero-order chi connectivity index (χ0) is 18.4. The first-order valence-electron chi connectivity index (χ1n) is 8.86. The van der Waals surface area contributed by atoms with E-state index in [9.17, 15) is 4.79 Å². The third kappa shape index (κ3) is 4.57. The van der Waals surface area contributed by atoms with Crippen molar-refractivity contribution in [2.24, 2.45) is 7.05 Å². The minimum Gasteiger partial charge on any atom is -0.333 e. The summed E-state index contributed by atoms with van der Waals surface area (Å²) in [5.74, 6) is 0.0120. The molecule has 0 saturated heterocycles. The zero-order valence-corrected chi connectivity index (χ0v) is 15.3. The van der Waals surface area contributed by atoms with Crippen LogP contribution < -0.4 is 0 Å². The Labute approximate surface area is 154 Å². The number of aromatic nitrogens is 3. The molecule has 0 spiro atoms. The Hall–Kier alpha value is -2.95. The van der Waals surface area contributed by atoms with E-state index < -0.39 is 0 Å². The number of pyridine rings is 1. The van der Waals surface area contributed by atoms with E-state index in [2.05, 4.69) is 22.2 Å². The van der Waals surface area contributed by atoms with E-state index in [1.165, 1.54) is 5.56 Å². The van der Waals surface area contributed by atoms with E-state index in [-0.39, 0.29) is 5.91 Å². The second kappa shape index (κ2) is 8.43. The first-order chi connectivity index (χ1) is 12.6. The molecule has 0 radical (unpaired) electrons. The highest BCUT2D eigenvalue weighted by atomic mass is 16.2. The Bertz CT molecular complexity index is 843. The summed E-state index contributed by atoms with van der Waals surface area (Å²) >= 11 is 0. The van der Waals surface area contributed by atoms with Crippen molar-refractivity contribution < 1.29 is 4.79 Å². The molecule has 0 atom stereocenters. The molecule has 5 nitrogen and oxygen atoms in total. The van der Waals surface area contributed by atoms with E-state index in [1.54, 1.807) is 17.1 Å². The molecule has 0 N–H and O–H groups in total. The first kappa shape index (κ1) is 17.9. The monoisotopic (exact) mass is 348 g/mol. The van der Waals surface area contributed by atoms with E-state index in [1.807, 2.05) is 55.3 Å². The molecule has 2 aromatic heterocycles. The Balaban J connectivity index is 1.72. The van der Waals surface area contributed by atoms with Crippen molar-refractivity contribution in [1.29, 1.82) is 0 Å². The third-order valence-electron chi connectivity index (χ3n) is 4.37. The number of amides is 1. The minimum atomic E-state index is 0.0120. The van der Waals surface area contributed by atoms with Gasteiger partial charge in [0.15, 0.2) is 0 Å². The third-order valence-corrected chi connectivity index (χ3v) is 4.37. The Morgan fingerprint density at radius 3 is 2.46 bits per heavy atom. The summed E-state index contributed by atoms with van der Waals surface area (Å²) in [4.78, 5) is 19.0. The summed E-state index contributed by atoms with van der Waals surface area (Å²) in [6, 6.07) is 16.1. The quantitative estimate of drug-likeness (QED) is 0.657. The van der Waals surface area contributed by atoms with Crippen LogP contribution in [-0.2, 0) is 20.0 Å². The lowest BCUT2D eigenvalue weighted by molar-refractivity contribution is 0.0730. The van der Waals surface area contributed by atoms with Gasteiger partial charge in [0.2, 0.25) is 0 Å². The standard InChI is InChI=1S/C21H24N4O/c1-17-15-20(24(2)23-17)21(26)25(16-19-10-12-22-13-11-19)14-6-9-18-7-4-3-5-8-18/h3-5,7-8,10-13,15H,6,9,14,16H2,1-2H3. The molecule has 0 aliphatic rings. The van der Waals surface area contributed by atoms with Gasteiger partial charge in [0.05, 0.1) is 5.69 Å². The van der Waals surface area contributed by atoms with E-state index in [0.29, 0.717) is 18.8 Å². The molecule has 5 heteroatoms. The molecule has 0 fully saturated rings. The molecule has 0 aliphatic heterocycles. The summed E-state index contributed by atoms with van der Waals surface area (Å²) in [7, 11) is 1.81. The van der Waals surface area contributed by atoms with Crippen LogP contribution in [0.1, 0.15) is 33.7 Å². The Morgan fingerprint density at radius 2 is 1.81 bits per heavy atom. The predicted octanol–water partition coefficient (Wildman–Crippen LogP) is 3.40. The fraction of sp³-hybridized carbons (Fsp3) is 0.286. The lowest BCUT2D eigenvalue weighted by atomic mass is 10.1. The average Bonchev–Trinajstić information content (AvgIpc) is 3.00. The van der Waals surface area contributed by atoms with Crippen LogP contribution in [0.2, 0.25) is 0 Å².